The summed E-state index contributed by atoms with van der Waals surface area (Å²) < 4.78 is 27.8. The number of nitrogens with zero attached hydrogens (tertiary/aromatic N) is 1. The van der Waals surface area contributed by atoms with Gasteiger partial charge in [0.1, 0.15) is 0 Å². The lowest BCUT2D eigenvalue weighted by atomic mass is 10.0. The molecule has 4 rings (SSSR count). The first-order valence-electron chi connectivity index (χ1n) is 8.69. The summed E-state index contributed by atoms with van der Waals surface area (Å²) in [7, 11) is -3.44. The van der Waals surface area contributed by atoms with Gasteiger partial charge in [-0.2, -0.15) is 4.31 Å². The fourth-order valence-electron chi connectivity index (χ4n) is 3.73. The number of aryl methyl sites for hydroxylation is 1. The number of nitrogens with one attached hydrogen (secondary N) is 1. The van der Waals surface area contributed by atoms with E-state index in [2.05, 4.69) is 11.1 Å². The Kier molecular flexibility index (Phi) is 4.13. The number of H-pyrrole nitrogens is 1. The van der Waals surface area contributed by atoms with Crippen LogP contribution in [0.15, 0.2) is 59.6 Å². The predicted molar refractivity (Wildman–Crippen MR) is 100 cm³/mol. The Morgan fingerprint density at radius 2 is 1.88 bits per heavy atom. The molecule has 4 nitrogen and oxygen atoms in total. The van der Waals surface area contributed by atoms with Crippen LogP contribution < -0.4 is 0 Å². The number of hydrogen-bond donors (Lipinski definition) is 1. The van der Waals surface area contributed by atoms with Crippen LogP contribution in [0.4, 0.5) is 0 Å². The van der Waals surface area contributed by atoms with E-state index in [-0.39, 0.29) is 6.04 Å². The minimum Gasteiger partial charge on any atom is -0.361 e. The zero-order valence-corrected chi connectivity index (χ0v) is 15.1. The molecule has 2 heterocycles. The number of aromatic nitrogens is 1. The van der Waals surface area contributed by atoms with Crippen LogP contribution in [-0.4, -0.2) is 30.3 Å². The van der Waals surface area contributed by atoms with Gasteiger partial charge in [0.15, 0.2) is 0 Å². The van der Waals surface area contributed by atoms with E-state index in [0.29, 0.717) is 11.4 Å². The summed E-state index contributed by atoms with van der Waals surface area (Å²) in [5, 5.41) is 1.18. The number of hydrogen-bond acceptors (Lipinski definition) is 2. The summed E-state index contributed by atoms with van der Waals surface area (Å²) in [4.78, 5) is 3.68. The van der Waals surface area contributed by atoms with Gasteiger partial charge in [-0.3, -0.25) is 0 Å². The number of fused-ring (bicyclic) bond motifs is 1. The van der Waals surface area contributed by atoms with Gasteiger partial charge in [-0.1, -0.05) is 35.9 Å². The molecule has 1 unspecified atom stereocenters. The Labute approximate surface area is 148 Å². The standard InChI is InChI=1S/C20H22N2O2S/c1-15-8-10-18(11-9-15)25(23,24)22-12-4-5-17(22)13-16-14-21-20-7-3-2-6-19(16)20/h2-3,6-11,14,17,21H,4-5,12-13H2,1H3. The van der Waals surface area contributed by atoms with Crippen molar-refractivity contribution in [3.05, 3.63) is 65.9 Å². The summed E-state index contributed by atoms with van der Waals surface area (Å²) in [5.41, 5.74) is 3.35. The lowest BCUT2D eigenvalue weighted by Gasteiger charge is -2.24. The Balaban J connectivity index is 1.63. The van der Waals surface area contributed by atoms with Crippen LogP contribution in [0.1, 0.15) is 24.0 Å². The fraction of sp³-hybridized carbons (Fsp3) is 0.300. The Morgan fingerprint density at radius 1 is 1.12 bits per heavy atom. The second-order valence-electron chi connectivity index (χ2n) is 6.79. The lowest BCUT2D eigenvalue weighted by molar-refractivity contribution is 0.386. The van der Waals surface area contributed by atoms with E-state index < -0.39 is 10.0 Å². The van der Waals surface area contributed by atoms with Crippen LogP contribution in [-0.2, 0) is 16.4 Å². The SMILES string of the molecule is Cc1ccc(S(=O)(=O)N2CCCC2Cc2c[nH]c3ccccc23)cc1. The second kappa shape index (κ2) is 6.32. The van der Waals surface area contributed by atoms with Crippen molar-refractivity contribution in [2.75, 3.05) is 6.54 Å². The van der Waals surface area contributed by atoms with E-state index in [1.165, 1.54) is 10.9 Å². The highest BCUT2D eigenvalue weighted by molar-refractivity contribution is 7.89. The van der Waals surface area contributed by atoms with E-state index in [0.717, 1.165) is 30.3 Å². The second-order valence-corrected chi connectivity index (χ2v) is 8.68. The van der Waals surface area contributed by atoms with Crippen molar-refractivity contribution in [3.63, 3.8) is 0 Å². The zero-order valence-electron chi connectivity index (χ0n) is 14.3. The maximum absolute atomic E-state index is 13.1. The number of aromatic amines is 1. The van der Waals surface area contributed by atoms with Crippen molar-refractivity contribution in [3.8, 4) is 0 Å². The Hall–Kier alpha value is -2.11. The molecule has 0 saturated carbocycles. The molecule has 3 aromatic rings. The van der Waals surface area contributed by atoms with Gasteiger partial charge in [-0.25, -0.2) is 8.42 Å². The highest BCUT2D eigenvalue weighted by Gasteiger charge is 2.35. The normalized spacial score (nSPS) is 18.8. The average Bonchev–Trinajstić information content (AvgIpc) is 3.24. The van der Waals surface area contributed by atoms with Gasteiger partial charge in [0.05, 0.1) is 4.90 Å². The molecule has 0 spiro atoms. The van der Waals surface area contributed by atoms with Crippen molar-refractivity contribution >= 4 is 20.9 Å². The van der Waals surface area contributed by atoms with E-state index in [1.54, 1.807) is 16.4 Å². The quantitative estimate of drug-likeness (QED) is 0.773. The Bertz CT molecular complexity index is 990. The molecular formula is C20H22N2O2S. The van der Waals surface area contributed by atoms with Crippen molar-refractivity contribution in [1.82, 2.24) is 9.29 Å². The molecule has 2 aromatic carbocycles. The Morgan fingerprint density at radius 3 is 2.68 bits per heavy atom. The number of para-hydroxylation sites is 1. The third-order valence-corrected chi connectivity index (χ3v) is 7.05. The van der Waals surface area contributed by atoms with E-state index in [4.69, 9.17) is 0 Å². The molecule has 1 aliphatic rings. The van der Waals surface area contributed by atoms with Gasteiger partial charge in [-0.05, 0) is 49.9 Å². The van der Waals surface area contributed by atoms with Crippen LogP contribution >= 0.6 is 0 Å². The molecule has 0 radical (unpaired) electrons. The molecule has 0 amide bonds. The molecule has 130 valence electrons. The molecule has 1 saturated heterocycles. The van der Waals surface area contributed by atoms with Gasteiger partial charge < -0.3 is 4.98 Å². The summed E-state index contributed by atoms with van der Waals surface area (Å²) in [5.74, 6) is 0. The summed E-state index contributed by atoms with van der Waals surface area (Å²) >= 11 is 0. The highest BCUT2D eigenvalue weighted by Crippen LogP contribution is 2.30. The highest BCUT2D eigenvalue weighted by atomic mass is 32.2. The minimum atomic E-state index is -3.44. The molecule has 25 heavy (non-hydrogen) atoms. The van der Waals surface area contributed by atoms with Gasteiger partial charge >= 0.3 is 0 Å². The largest absolute Gasteiger partial charge is 0.361 e. The molecule has 0 aliphatic carbocycles. The molecule has 1 fully saturated rings. The first kappa shape index (κ1) is 16.4. The lowest BCUT2D eigenvalue weighted by Crippen LogP contribution is -2.36. The smallest absolute Gasteiger partial charge is 0.243 e. The maximum Gasteiger partial charge on any atom is 0.243 e. The first-order chi connectivity index (χ1) is 12.1. The predicted octanol–water partition coefficient (Wildman–Crippen LogP) is 3.87. The van der Waals surface area contributed by atoms with Crippen molar-refractivity contribution in [2.24, 2.45) is 0 Å². The molecule has 1 aliphatic heterocycles. The first-order valence-corrected chi connectivity index (χ1v) is 10.1. The number of benzene rings is 2. The number of rotatable bonds is 4. The average molecular weight is 354 g/mol. The van der Waals surface area contributed by atoms with Crippen molar-refractivity contribution < 1.29 is 8.42 Å². The third kappa shape index (κ3) is 2.98. The van der Waals surface area contributed by atoms with E-state index in [1.807, 2.05) is 43.5 Å². The minimum absolute atomic E-state index is 0.0190. The molecule has 1 aromatic heterocycles. The van der Waals surface area contributed by atoms with Gasteiger partial charge in [0.2, 0.25) is 10.0 Å². The summed E-state index contributed by atoms with van der Waals surface area (Å²) in [6.45, 7) is 2.56. The topological polar surface area (TPSA) is 53.2 Å². The molecule has 5 heteroatoms. The summed E-state index contributed by atoms with van der Waals surface area (Å²) in [6.07, 6.45) is 4.58. The molecule has 1 atom stereocenters. The van der Waals surface area contributed by atoms with Crippen LogP contribution in [0.3, 0.4) is 0 Å². The van der Waals surface area contributed by atoms with Crippen molar-refractivity contribution in [1.29, 1.82) is 0 Å². The van der Waals surface area contributed by atoms with E-state index in [9.17, 15) is 8.42 Å². The van der Waals surface area contributed by atoms with Crippen LogP contribution in [0.5, 0.6) is 0 Å². The number of sulfonamides is 1. The summed E-state index contributed by atoms with van der Waals surface area (Å²) in [6, 6.07) is 15.3. The van der Waals surface area contributed by atoms with Crippen LogP contribution in [0.2, 0.25) is 0 Å². The van der Waals surface area contributed by atoms with Crippen LogP contribution in [0, 0.1) is 6.92 Å². The van der Waals surface area contributed by atoms with E-state index >= 15 is 0 Å². The molecular weight excluding hydrogens is 332 g/mol. The molecule has 1 N–H and O–H groups in total. The van der Waals surface area contributed by atoms with Crippen LogP contribution in [0.25, 0.3) is 10.9 Å². The fourth-order valence-corrected chi connectivity index (χ4v) is 5.42. The van der Waals surface area contributed by atoms with Crippen molar-refractivity contribution in [2.45, 2.75) is 37.1 Å². The zero-order chi connectivity index (χ0) is 17.4. The maximum atomic E-state index is 13.1. The third-order valence-electron chi connectivity index (χ3n) is 5.08. The molecule has 0 bridgehead atoms. The van der Waals surface area contributed by atoms with Gasteiger partial charge in [-0.15, -0.1) is 0 Å². The van der Waals surface area contributed by atoms with Gasteiger partial charge in [0, 0.05) is 29.7 Å². The monoisotopic (exact) mass is 354 g/mol. The van der Waals surface area contributed by atoms with Gasteiger partial charge in [0.25, 0.3) is 0 Å².